The van der Waals surface area contributed by atoms with Crippen molar-refractivity contribution in [2.45, 2.75) is 6.42 Å². The van der Waals surface area contributed by atoms with Crippen LogP contribution in [0.1, 0.15) is 6.42 Å². The summed E-state index contributed by atoms with van der Waals surface area (Å²) >= 11 is 0. The first kappa shape index (κ1) is 12.8. The van der Waals surface area contributed by atoms with E-state index in [1.807, 2.05) is 21.1 Å². The van der Waals surface area contributed by atoms with Crippen LogP contribution in [-0.2, 0) is 4.84 Å². The molecule has 64 valence electrons. The molecule has 0 heterocycles. The number of halogens is 1. The Labute approximate surface area is 68.5 Å². The zero-order valence-corrected chi connectivity index (χ0v) is 7.56. The zero-order chi connectivity index (χ0) is 7.33. The Balaban J connectivity index is 0. The molecule has 4 heteroatoms. The summed E-state index contributed by atoms with van der Waals surface area (Å²) in [5, 5.41) is 8.38. The van der Waals surface area contributed by atoms with Crippen LogP contribution < -0.4 is 12.4 Å². The molecule has 0 aliphatic rings. The minimum absolute atomic E-state index is 0. The Kier molecular flexibility index (Phi) is 7.58. The number of hydrogen-bond donors (Lipinski definition) is 1. The standard InChI is InChI=1S/C6H16NO2.ClH/c1-7(2,3)9-6-4-5-8;/h8H,4-6H2,1-3H3;1H/q+1;/p-1. The fourth-order valence-corrected chi connectivity index (χ4v) is 0.403. The van der Waals surface area contributed by atoms with E-state index in [2.05, 4.69) is 0 Å². The van der Waals surface area contributed by atoms with Gasteiger partial charge >= 0.3 is 0 Å². The first-order chi connectivity index (χ1) is 4.06. The summed E-state index contributed by atoms with van der Waals surface area (Å²) in [5.41, 5.74) is 0. The smallest absolute Gasteiger partial charge is 0.108 e. The normalized spacial score (nSPS) is 10.8. The number of aliphatic hydroxyl groups is 1. The molecule has 0 saturated carbocycles. The molecule has 0 spiro atoms. The minimum Gasteiger partial charge on any atom is -1.00 e. The van der Waals surface area contributed by atoms with Crippen molar-refractivity contribution in [3.63, 3.8) is 0 Å². The van der Waals surface area contributed by atoms with Gasteiger partial charge < -0.3 is 17.5 Å². The molecule has 0 fully saturated rings. The van der Waals surface area contributed by atoms with E-state index in [1.165, 1.54) is 0 Å². The third kappa shape index (κ3) is 11.0. The van der Waals surface area contributed by atoms with Crippen LogP contribution in [0.4, 0.5) is 0 Å². The summed E-state index contributed by atoms with van der Waals surface area (Å²) in [6.07, 6.45) is 0.718. The highest BCUT2D eigenvalue weighted by Crippen LogP contribution is 1.92. The van der Waals surface area contributed by atoms with Crippen molar-refractivity contribution in [3.05, 3.63) is 0 Å². The molecular formula is C6H16ClNO2. The molecule has 0 rings (SSSR count). The second-order valence-corrected chi connectivity index (χ2v) is 2.80. The van der Waals surface area contributed by atoms with Crippen molar-refractivity contribution in [2.75, 3.05) is 34.4 Å². The maximum absolute atomic E-state index is 8.38. The van der Waals surface area contributed by atoms with Gasteiger partial charge in [-0.3, -0.25) is 0 Å². The van der Waals surface area contributed by atoms with Crippen LogP contribution in [0.3, 0.4) is 0 Å². The first-order valence-electron chi connectivity index (χ1n) is 3.13. The van der Waals surface area contributed by atoms with Gasteiger partial charge in [-0.25, -0.2) is 4.84 Å². The molecule has 0 aliphatic carbocycles. The van der Waals surface area contributed by atoms with E-state index in [-0.39, 0.29) is 19.0 Å². The van der Waals surface area contributed by atoms with Crippen molar-refractivity contribution < 1.29 is 27.0 Å². The van der Waals surface area contributed by atoms with Gasteiger partial charge in [0.25, 0.3) is 0 Å². The van der Waals surface area contributed by atoms with Crippen molar-refractivity contribution in [3.8, 4) is 0 Å². The fraction of sp³-hybridized carbons (Fsp3) is 1.00. The number of nitrogens with zero attached hydrogens (tertiary/aromatic N) is 1. The second kappa shape index (κ2) is 5.92. The minimum atomic E-state index is 0. The van der Waals surface area contributed by atoms with Crippen molar-refractivity contribution in [1.29, 1.82) is 0 Å². The molecule has 0 amide bonds. The Bertz CT molecular complexity index is 72.6. The molecule has 0 aromatic carbocycles. The van der Waals surface area contributed by atoms with Crippen molar-refractivity contribution >= 4 is 0 Å². The number of hydroxylamine groups is 3. The predicted molar refractivity (Wildman–Crippen MR) is 35.7 cm³/mol. The number of hydrogen-bond acceptors (Lipinski definition) is 2. The SMILES string of the molecule is C[N+](C)(C)OCCCO.[Cl-]. The van der Waals surface area contributed by atoms with Gasteiger partial charge in [0.05, 0.1) is 21.1 Å². The van der Waals surface area contributed by atoms with Crippen LogP contribution in [0.5, 0.6) is 0 Å². The highest BCUT2D eigenvalue weighted by atomic mass is 35.5. The summed E-state index contributed by atoms with van der Waals surface area (Å²) in [5.74, 6) is 0. The fourth-order valence-electron chi connectivity index (χ4n) is 0.403. The van der Waals surface area contributed by atoms with E-state index in [0.717, 1.165) is 6.42 Å². The average Bonchev–Trinajstić information content (AvgIpc) is 1.63. The van der Waals surface area contributed by atoms with Gasteiger partial charge in [0, 0.05) is 6.61 Å². The lowest BCUT2D eigenvalue weighted by Gasteiger charge is -2.20. The lowest BCUT2D eigenvalue weighted by molar-refractivity contribution is -1.06. The quantitative estimate of drug-likeness (QED) is 0.277. The van der Waals surface area contributed by atoms with Crippen LogP contribution in [0, 0.1) is 0 Å². The van der Waals surface area contributed by atoms with Gasteiger partial charge in [-0.1, -0.05) is 0 Å². The number of rotatable bonds is 4. The summed E-state index contributed by atoms with van der Waals surface area (Å²) in [6, 6.07) is 0. The third-order valence-electron chi connectivity index (χ3n) is 0.781. The molecule has 10 heavy (non-hydrogen) atoms. The third-order valence-corrected chi connectivity index (χ3v) is 0.781. The molecule has 0 aromatic heterocycles. The topological polar surface area (TPSA) is 29.5 Å². The van der Waals surface area contributed by atoms with E-state index in [0.29, 0.717) is 11.3 Å². The van der Waals surface area contributed by atoms with Crippen molar-refractivity contribution in [1.82, 2.24) is 0 Å². The highest BCUT2D eigenvalue weighted by Gasteiger charge is 2.05. The largest absolute Gasteiger partial charge is 1.00 e. The Morgan fingerprint density at radius 3 is 2.10 bits per heavy atom. The molecule has 1 N–H and O–H groups in total. The van der Waals surface area contributed by atoms with Crippen LogP contribution in [0.25, 0.3) is 0 Å². The second-order valence-electron chi connectivity index (χ2n) is 2.80. The van der Waals surface area contributed by atoms with Crippen LogP contribution in [0.2, 0.25) is 0 Å². The van der Waals surface area contributed by atoms with E-state index in [1.54, 1.807) is 0 Å². The molecule has 0 atom stereocenters. The lowest BCUT2D eigenvalue weighted by Crippen LogP contribution is -3.00. The van der Waals surface area contributed by atoms with Crippen LogP contribution in [-0.4, -0.2) is 44.1 Å². The summed E-state index contributed by atoms with van der Waals surface area (Å²) in [6.45, 7) is 0.833. The monoisotopic (exact) mass is 169 g/mol. The van der Waals surface area contributed by atoms with E-state index < -0.39 is 0 Å². The van der Waals surface area contributed by atoms with E-state index in [4.69, 9.17) is 9.94 Å². The highest BCUT2D eigenvalue weighted by molar-refractivity contribution is 4.24. The zero-order valence-electron chi connectivity index (χ0n) is 6.80. The van der Waals surface area contributed by atoms with Gasteiger partial charge in [-0.05, 0) is 6.42 Å². The molecule has 0 aromatic rings. The van der Waals surface area contributed by atoms with Crippen LogP contribution in [0.15, 0.2) is 0 Å². The number of aliphatic hydroxyl groups excluding tert-OH is 1. The molecule has 3 nitrogen and oxygen atoms in total. The van der Waals surface area contributed by atoms with E-state index >= 15 is 0 Å². The summed E-state index contributed by atoms with van der Waals surface area (Å²) in [7, 11) is 5.83. The molecule has 0 saturated heterocycles. The van der Waals surface area contributed by atoms with Gasteiger partial charge in [-0.15, -0.1) is 0 Å². The predicted octanol–water partition coefficient (Wildman–Crippen LogP) is -2.99. The lowest BCUT2D eigenvalue weighted by atomic mass is 10.5. The summed E-state index contributed by atoms with van der Waals surface area (Å²) in [4.78, 5) is 5.25. The Hall–Kier alpha value is 0.170. The Morgan fingerprint density at radius 1 is 1.30 bits per heavy atom. The van der Waals surface area contributed by atoms with E-state index in [9.17, 15) is 0 Å². The van der Waals surface area contributed by atoms with Gasteiger partial charge in [0.1, 0.15) is 6.61 Å². The van der Waals surface area contributed by atoms with Crippen molar-refractivity contribution in [2.24, 2.45) is 0 Å². The maximum Gasteiger partial charge on any atom is 0.108 e. The molecule has 0 unspecified atom stereocenters. The summed E-state index contributed by atoms with van der Waals surface area (Å²) < 4.78 is 0.500. The molecule has 0 aliphatic heterocycles. The molecule has 0 radical (unpaired) electrons. The Morgan fingerprint density at radius 2 is 1.80 bits per heavy atom. The maximum atomic E-state index is 8.38. The van der Waals surface area contributed by atoms with Gasteiger partial charge in [-0.2, -0.15) is 4.65 Å². The van der Waals surface area contributed by atoms with Gasteiger partial charge in [0.15, 0.2) is 0 Å². The first-order valence-corrected chi connectivity index (χ1v) is 3.13. The van der Waals surface area contributed by atoms with Gasteiger partial charge in [0.2, 0.25) is 0 Å². The van der Waals surface area contributed by atoms with Crippen LogP contribution >= 0.6 is 0 Å². The molecular weight excluding hydrogens is 154 g/mol. The average molecular weight is 170 g/mol. The number of quaternary nitrogens is 1. The molecule has 0 bridgehead atoms.